The highest BCUT2D eigenvalue weighted by Gasteiger charge is 2.11. The van der Waals surface area contributed by atoms with Crippen LogP contribution in [0.5, 0.6) is 11.5 Å². The molecule has 0 saturated carbocycles. The summed E-state index contributed by atoms with van der Waals surface area (Å²) in [6.45, 7) is 5.88. The van der Waals surface area contributed by atoms with Crippen molar-refractivity contribution in [1.82, 2.24) is 0 Å². The van der Waals surface area contributed by atoms with Gasteiger partial charge in [0.05, 0.1) is 13.2 Å². The van der Waals surface area contributed by atoms with Crippen LogP contribution in [0.15, 0.2) is 23.1 Å². The third kappa shape index (κ3) is 2.81. The van der Waals surface area contributed by atoms with Crippen molar-refractivity contribution in [1.29, 1.82) is 0 Å². The highest BCUT2D eigenvalue weighted by atomic mass is 32.2. The van der Waals surface area contributed by atoms with E-state index in [0.29, 0.717) is 5.25 Å². The summed E-state index contributed by atoms with van der Waals surface area (Å²) >= 11 is 1.84. The number of ether oxygens (including phenoxy) is 2. The largest absolute Gasteiger partial charge is 0.490 e. The third-order valence-electron chi connectivity index (χ3n) is 2.09. The van der Waals surface area contributed by atoms with E-state index in [2.05, 4.69) is 26.0 Å². The van der Waals surface area contributed by atoms with Gasteiger partial charge in [-0.1, -0.05) is 13.8 Å². The summed E-state index contributed by atoms with van der Waals surface area (Å²) in [5.41, 5.74) is 0. The molecule has 1 aromatic rings. The van der Waals surface area contributed by atoms with Gasteiger partial charge in [0.15, 0.2) is 11.5 Å². The van der Waals surface area contributed by atoms with Gasteiger partial charge in [-0.3, -0.25) is 0 Å². The van der Waals surface area contributed by atoms with Gasteiger partial charge in [-0.15, -0.1) is 11.8 Å². The van der Waals surface area contributed by atoms with Crippen molar-refractivity contribution in [2.45, 2.75) is 30.4 Å². The van der Waals surface area contributed by atoms with E-state index in [1.807, 2.05) is 17.8 Å². The maximum Gasteiger partial charge on any atom is 0.162 e. The Balaban J connectivity index is 2.20. The maximum atomic E-state index is 5.63. The fraction of sp³-hybridized carbons (Fsp3) is 0.500. The molecule has 0 saturated heterocycles. The molecule has 3 heteroatoms. The number of fused-ring (bicyclic) bond motifs is 1. The smallest absolute Gasteiger partial charge is 0.162 e. The molecule has 0 N–H and O–H groups in total. The molecule has 1 aliphatic rings. The summed E-state index contributed by atoms with van der Waals surface area (Å²) in [5, 5.41) is 0.592. The van der Waals surface area contributed by atoms with Crippen LogP contribution in [-0.2, 0) is 0 Å². The lowest BCUT2D eigenvalue weighted by molar-refractivity contribution is 0.297. The van der Waals surface area contributed by atoms with E-state index in [1.54, 1.807) is 0 Å². The Kier molecular flexibility index (Phi) is 3.41. The summed E-state index contributed by atoms with van der Waals surface area (Å²) < 4.78 is 11.2. The van der Waals surface area contributed by atoms with Gasteiger partial charge in [0, 0.05) is 16.6 Å². The SMILES string of the molecule is CC(C)Sc1ccc2c(c1)OCCCO2. The van der Waals surface area contributed by atoms with Gasteiger partial charge in [-0.25, -0.2) is 0 Å². The lowest BCUT2D eigenvalue weighted by Gasteiger charge is -2.10. The molecular formula is C12H16O2S. The predicted octanol–water partition coefficient (Wildman–Crippen LogP) is 3.35. The Bertz CT molecular complexity index is 336. The van der Waals surface area contributed by atoms with Crippen molar-refractivity contribution < 1.29 is 9.47 Å². The monoisotopic (exact) mass is 224 g/mol. The average Bonchev–Trinajstić information content (AvgIpc) is 2.41. The van der Waals surface area contributed by atoms with Gasteiger partial charge in [0.1, 0.15) is 0 Å². The Morgan fingerprint density at radius 3 is 2.60 bits per heavy atom. The van der Waals surface area contributed by atoms with E-state index in [9.17, 15) is 0 Å². The Hall–Kier alpha value is -0.830. The lowest BCUT2D eigenvalue weighted by atomic mass is 10.3. The van der Waals surface area contributed by atoms with E-state index < -0.39 is 0 Å². The quantitative estimate of drug-likeness (QED) is 0.718. The zero-order chi connectivity index (χ0) is 10.7. The maximum absolute atomic E-state index is 5.63. The molecule has 0 aromatic heterocycles. The van der Waals surface area contributed by atoms with Crippen LogP contribution in [0.4, 0.5) is 0 Å². The van der Waals surface area contributed by atoms with E-state index >= 15 is 0 Å². The van der Waals surface area contributed by atoms with Crippen LogP contribution in [-0.4, -0.2) is 18.5 Å². The molecule has 2 rings (SSSR count). The standard InChI is InChI=1S/C12H16O2S/c1-9(2)15-10-4-5-11-12(8-10)14-7-3-6-13-11/h4-5,8-9H,3,6-7H2,1-2H3. The van der Waals surface area contributed by atoms with Crippen molar-refractivity contribution in [3.8, 4) is 11.5 Å². The number of hydrogen-bond donors (Lipinski definition) is 0. The summed E-state index contributed by atoms with van der Waals surface area (Å²) in [6.07, 6.45) is 0.960. The van der Waals surface area contributed by atoms with Crippen molar-refractivity contribution in [2.75, 3.05) is 13.2 Å². The topological polar surface area (TPSA) is 18.5 Å². The molecule has 82 valence electrons. The van der Waals surface area contributed by atoms with Crippen LogP contribution in [0.3, 0.4) is 0 Å². The summed E-state index contributed by atoms with van der Waals surface area (Å²) in [4.78, 5) is 1.24. The van der Waals surface area contributed by atoms with Gasteiger partial charge >= 0.3 is 0 Å². The molecule has 0 atom stereocenters. The van der Waals surface area contributed by atoms with Gasteiger partial charge in [-0.05, 0) is 18.2 Å². The van der Waals surface area contributed by atoms with E-state index in [1.165, 1.54) is 4.90 Å². The summed E-state index contributed by atoms with van der Waals surface area (Å²) in [7, 11) is 0. The molecular weight excluding hydrogens is 208 g/mol. The van der Waals surface area contributed by atoms with Crippen LogP contribution in [0.1, 0.15) is 20.3 Å². The Morgan fingerprint density at radius 1 is 1.13 bits per heavy atom. The second kappa shape index (κ2) is 4.79. The molecule has 1 aliphatic heterocycles. The molecule has 0 radical (unpaired) electrons. The fourth-order valence-electron chi connectivity index (χ4n) is 1.49. The zero-order valence-corrected chi connectivity index (χ0v) is 9.97. The first-order valence-corrected chi connectivity index (χ1v) is 6.20. The second-order valence-corrected chi connectivity index (χ2v) is 5.48. The third-order valence-corrected chi connectivity index (χ3v) is 3.09. The minimum atomic E-state index is 0.592. The van der Waals surface area contributed by atoms with Crippen LogP contribution < -0.4 is 9.47 Å². The van der Waals surface area contributed by atoms with Crippen LogP contribution in [0.2, 0.25) is 0 Å². The molecule has 1 heterocycles. The number of hydrogen-bond acceptors (Lipinski definition) is 3. The van der Waals surface area contributed by atoms with Crippen molar-refractivity contribution in [3.63, 3.8) is 0 Å². The molecule has 2 nitrogen and oxygen atoms in total. The van der Waals surface area contributed by atoms with Gasteiger partial charge in [0.2, 0.25) is 0 Å². The number of thioether (sulfide) groups is 1. The fourth-order valence-corrected chi connectivity index (χ4v) is 2.36. The number of benzene rings is 1. The van der Waals surface area contributed by atoms with E-state index in [4.69, 9.17) is 9.47 Å². The van der Waals surface area contributed by atoms with Crippen molar-refractivity contribution >= 4 is 11.8 Å². The molecule has 0 spiro atoms. The normalized spacial score (nSPS) is 15.1. The predicted molar refractivity (Wildman–Crippen MR) is 63.0 cm³/mol. The first-order chi connectivity index (χ1) is 7.25. The number of rotatable bonds is 2. The van der Waals surface area contributed by atoms with E-state index in [-0.39, 0.29) is 0 Å². The minimum absolute atomic E-state index is 0.592. The van der Waals surface area contributed by atoms with Crippen molar-refractivity contribution in [2.24, 2.45) is 0 Å². The molecule has 1 aromatic carbocycles. The van der Waals surface area contributed by atoms with Crippen LogP contribution in [0, 0.1) is 0 Å². The molecule has 0 fully saturated rings. The highest BCUT2D eigenvalue weighted by molar-refractivity contribution is 7.99. The van der Waals surface area contributed by atoms with Crippen LogP contribution >= 0.6 is 11.8 Å². The highest BCUT2D eigenvalue weighted by Crippen LogP contribution is 2.34. The molecule has 0 amide bonds. The zero-order valence-electron chi connectivity index (χ0n) is 9.16. The second-order valence-electron chi connectivity index (χ2n) is 3.83. The molecule has 0 aliphatic carbocycles. The van der Waals surface area contributed by atoms with Gasteiger partial charge in [0.25, 0.3) is 0 Å². The lowest BCUT2D eigenvalue weighted by Crippen LogP contribution is -1.97. The summed E-state index contributed by atoms with van der Waals surface area (Å²) in [6, 6.07) is 6.18. The Labute approximate surface area is 95.0 Å². The van der Waals surface area contributed by atoms with Crippen LogP contribution in [0.25, 0.3) is 0 Å². The first-order valence-electron chi connectivity index (χ1n) is 5.32. The van der Waals surface area contributed by atoms with Gasteiger partial charge < -0.3 is 9.47 Å². The average molecular weight is 224 g/mol. The van der Waals surface area contributed by atoms with Crippen molar-refractivity contribution in [3.05, 3.63) is 18.2 Å². The molecule has 0 unspecified atom stereocenters. The first kappa shape index (κ1) is 10.7. The molecule has 15 heavy (non-hydrogen) atoms. The van der Waals surface area contributed by atoms with Gasteiger partial charge in [-0.2, -0.15) is 0 Å². The Morgan fingerprint density at radius 2 is 1.87 bits per heavy atom. The van der Waals surface area contributed by atoms with E-state index in [0.717, 1.165) is 31.1 Å². The minimum Gasteiger partial charge on any atom is -0.490 e. The molecule has 0 bridgehead atoms. The summed E-state index contributed by atoms with van der Waals surface area (Å²) in [5.74, 6) is 1.76.